The van der Waals surface area contributed by atoms with Crippen molar-refractivity contribution in [3.63, 3.8) is 0 Å². The van der Waals surface area contributed by atoms with Gasteiger partial charge in [-0.1, -0.05) is 12.1 Å². The quantitative estimate of drug-likeness (QED) is 0.872. The zero-order chi connectivity index (χ0) is 13.7. The second-order valence-corrected chi connectivity index (χ2v) is 3.85. The predicted octanol–water partition coefficient (Wildman–Crippen LogP) is 1.65. The maximum Gasteiger partial charge on any atom is 0.335 e. The molecule has 0 atom stereocenters. The van der Waals surface area contributed by atoms with Crippen molar-refractivity contribution in [2.24, 2.45) is 0 Å². The number of likely N-dealkylation sites (N-methyl/N-ethyl adjacent to an activating group) is 1. The zero-order valence-electron chi connectivity index (χ0n) is 9.77. The number of nitrogens with zero attached hydrogens (tertiary/aromatic N) is 1. The number of hydrogen-bond donors (Lipinski definition) is 1. The lowest BCUT2D eigenvalue weighted by molar-refractivity contribution is -0.130. The highest BCUT2D eigenvalue weighted by Gasteiger charge is 2.14. The molecule has 0 bridgehead atoms. The van der Waals surface area contributed by atoms with E-state index in [4.69, 9.17) is 5.11 Å². The Morgan fingerprint density at radius 3 is 2.61 bits per heavy atom. The van der Waals surface area contributed by atoms with Gasteiger partial charge in [0.15, 0.2) is 0 Å². The third-order valence-electron chi connectivity index (χ3n) is 2.37. The summed E-state index contributed by atoms with van der Waals surface area (Å²) in [6.45, 7) is -0.628. The first-order chi connectivity index (χ1) is 8.40. The summed E-state index contributed by atoms with van der Waals surface area (Å²) in [5, 5.41) is 8.78. The van der Waals surface area contributed by atoms with E-state index in [0.717, 1.165) is 4.90 Å². The number of hydrogen-bond acceptors (Lipinski definition) is 2. The van der Waals surface area contributed by atoms with Crippen molar-refractivity contribution in [2.75, 3.05) is 13.6 Å². The van der Waals surface area contributed by atoms with Gasteiger partial charge >= 0.3 is 5.97 Å². The Bertz CT molecular complexity index is 449. The molecule has 0 aliphatic rings. The van der Waals surface area contributed by atoms with Crippen LogP contribution in [0.25, 0.3) is 0 Å². The summed E-state index contributed by atoms with van der Waals surface area (Å²) < 4.78 is 24.2. The van der Waals surface area contributed by atoms with Gasteiger partial charge in [0, 0.05) is 7.05 Å². The fraction of sp³-hybridized carbons (Fsp3) is 0.333. The van der Waals surface area contributed by atoms with Crippen LogP contribution in [-0.2, 0) is 11.2 Å². The average molecular weight is 257 g/mol. The van der Waals surface area contributed by atoms with Crippen molar-refractivity contribution in [1.29, 1.82) is 0 Å². The summed E-state index contributed by atoms with van der Waals surface area (Å²) in [6, 6.07) is 5.86. The van der Waals surface area contributed by atoms with Gasteiger partial charge in [0.05, 0.1) is 18.5 Å². The van der Waals surface area contributed by atoms with E-state index in [2.05, 4.69) is 0 Å². The maximum atomic E-state index is 12.1. The molecule has 0 aliphatic carbocycles. The van der Waals surface area contributed by atoms with E-state index in [9.17, 15) is 18.4 Å². The lowest BCUT2D eigenvalue weighted by Gasteiger charge is -2.16. The van der Waals surface area contributed by atoms with Gasteiger partial charge in [0.2, 0.25) is 5.91 Å². The fourth-order valence-corrected chi connectivity index (χ4v) is 1.43. The summed E-state index contributed by atoms with van der Waals surface area (Å²) in [7, 11) is 1.29. The van der Waals surface area contributed by atoms with Gasteiger partial charge in [-0.3, -0.25) is 4.79 Å². The zero-order valence-corrected chi connectivity index (χ0v) is 9.77. The van der Waals surface area contributed by atoms with E-state index >= 15 is 0 Å². The van der Waals surface area contributed by atoms with Crippen molar-refractivity contribution in [1.82, 2.24) is 4.90 Å². The molecule has 1 N–H and O–H groups in total. The molecule has 98 valence electrons. The summed E-state index contributed by atoms with van der Waals surface area (Å²) in [4.78, 5) is 23.2. The van der Waals surface area contributed by atoms with Crippen LogP contribution in [0.5, 0.6) is 0 Å². The second kappa shape index (κ2) is 6.09. The van der Waals surface area contributed by atoms with Gasteiger partial charge < -0.3 is 10.0 Å². The molecule has 0 unspecified atom stereocenters. The van der Waals surface area contributed by atoms with Crippen molar-refractivity contribution in [3.8, 4) is 0 Å². The van der Waals surface area contributed by atoms with Crippen LogP contribution in [0.3, 0.4) is 0 Å². The summed E-state index contributed by atoms with van der Waals surface area (Å²) in [6.07, 6.45) is -2.67. The van der Waals surface area contributed by atoms with Crippen molar-refractivity contribution < 1.29 is 23.5 Å². The Labute approximate surface area is 103 Å². The molecule has 0 aliphatic heterocycles. The predicted molar refractivity (Wildman–Crippen MR) is 60.7 cm³/mol. The smallest absolute Gasteiger partial charge is 0.335 e. The van der Waals surface area contributed by atoms with Crippen LogP contribution in [-0.4, -0.2) is 41.9 Å². The average Bonchev–Trinajstić information content (AvgIpc) is 2.28. The van der Waals surface area contributed by atoms with Crippen LogP contribution < -0.4 is 0 Å². The summed E-state index contributed by atoms with van der Waals surface area (Å²) in [5.74, 6) is -1.57. The van der Waals surface area contributed by atoms with Gasteiger partial charge in [0.25, 0.3) is 6.43 Å². The summed E-state index contributed by atoms with van der Waals surface area (Å²) in [5.41, 5.74) is 0.554. The number of carboxylic acid groups (broad SMARTS) is 1. The highest BCUT2D eigenvalue weighted by Crippen LogP contribution is 2.08. The van der Waals surface area contributed by atoms with E-state index in [1.54, 1.807) is 6.07 Å². The Kier molecular flexibility index (Phi) is 4.76. The number of benzene rings is 1. The van der Waals surface area contributed by atoms with Crippen LogP contribution in [0.4, 0.5) is 8.78 Å². The number of halogens is 2. The molecule has 1 aromatic carbocycles. The molecule has 0 radical (unpaired) electrons. The molecule has 18 heavy (non-hydrogen) atoms. The Balaban J connectivity index is 2.70. The number of carboxylic acids is 1. The monoisotopic (exact) mass is 257 g/mol. The number of rotatable bonds is 5. The third kappa shape index (κ3) is 4.12. The van der Waals surface area contributed by atoms with E-state index in [1.165, 1.54) is 25.2 Å². The van der Waals surface area contributed by atoms with Gasteiger partial charge in [-0.2, -0.15) is 0 Å². The van der Waals surface area contributed by atoms with Gasteiger partial charge in [-0.25, -0.2) is 13.6 Å². The minimum absolute atomic E-state index is 0.0665. The Morgan fingerprint density at radius 1 is 1.39 bits per heavy atom. The van der Waals surface area contributed by atoms with Crippen LogP contribution in [0.2, 0.25) is 0 Å². The molecule has 0 saturated heterocycles. The lowest BCUT2D eigenvalue weighted by atomic mass is 10.1. The largest absolute Gasteiger partial charge is 0.478 e. The van der Waals surface area contributed by atoms with Crippen LogP contribution in [0.1, 0.15) is 15.9 Å². The van der Waals surface area contributed by atoms with E-state index in [0.29, 0.717) is 5.56 Å². The highest BCUT2D eigenvalue weighted by atomic mass is 19.3. The molecule has 0 fully saturated rings. The molecule has 1 amide bonds. The van der Waals surface area contributed by atoms with Crippen LogP contribution >= 0.6 is 0 Å². The molecule has 1 rings (SSSR count). The molecule has 0 aromatic heterocycles. The number of alkyl halides is 2. The standard InChI is InChI=1S/C12H13F2NO3/c1-15(7-10(13)14)11(16)6-8-3-2-4-9(5-8)12(17)18/h2-5,10H,6-7H2,1H3,(H,17,18). The molecule has 0 spiro atoms. The first kappa shape index (κ1) is 14.1. The van der Waals surface area contributed by atoms with Gasteiger partial charge in [-0.05, 0) is 17.7 Å². The lowest BCUT2D eigenvalue weighted by Crippen LogP contribution is -2.32. The molecule has 1 aromatic rings. The minimum atomic E-state index is -2.58. The first-order valence-corrected chi connectivity index (χ1v) is 5.24. The Hall–Kier alpha value is -1.98. The van der Waals surface area contributed by atoms with Crippen LogP contribution in [0.15, 0.2) is 24.3 Å². The number of carbonyl (C=O) groups is 2. The SMILES string of the molecule is CN(CC(F)F)C(=O)Cc1cccc(C(=O)O)c1. The van der Waals surface area contributed by atoms with Crippen molar-refractivity contribution in [3.05, 3.63) is 35.4 Å². The van der Waals surface area contributed by atoms with E-state index < -0.39 is 24.8 Å². The number of carbonyl (C=O) groups excluding carboxylic acids is 1. The molecular formula is C12H13F2NO3. The third-order valence-corrected chi connectivity index (χ3v) is 2.37. The number of amides is 1. The highest BCUT2D eigenvalue weighted by molar-refractivity contribution is 5.88. The number of aromatic carboxylic acids is 1. The first-order valence-electron chi connectivity index (χ1n) is 5.24. The molecule has 4 nitrogen and oxygen atoms in total. The molecule has 6 heteroatoms. The van der Waals surface area contributed by atoms with Crippen LogP contribution in [0, 0.1) is 0 Å². The maximum absolute atomic E-state index is 12.1. The molecular weight excluding hydrogens is 244 g/mol. The summed E-state index contributed by atoms with van der Waals surface area (Å²) >= 11 is 0. The molecule has 0 saturated carbocycles. The van der Waals surface area contributed by atoms with E-state index in [-0.39, 0.29) is 12.0 Å². The van der Waals surface area contributed by atoms with E-state index in [1.807, 2.05) is 0 Å². The van der Waals surface area contributed by atoms with Gasteiger partial charge in [-0.15, -0.1) is 0 Å². The van der Waals surface area contributed by atoms with Crippen molar-refractivity contribution >= 4 is 11.9 Å². The minimum Gasteiger partial charge on any atom is -0.478 e. The Morgan fingerprint density at radius 2 is 2.06 bits per heavy atom. The van der Waals surface area contributed by atoms with Gasteiger partial charge in [0.1, 0.15) is 0 Å². The second-order valence-electron chi connectivity index (χ2n) is 3.85. The normalized spacial score (nSPS) is 10.4. The topological polar surface area (TPSA) is 57.6 Å². The molecule has 0 heterocycles. The van der Waals surface area contributed by atoms with Crippen molar-refractivity contribution in [2.45, 2.75) is 12.8 Å². The fourth-order valence-electron chi connectivity index (χ4n) is 1.43.